The van der Waals surface area contributed by atoms with E-state index in [9.17, 15) is 0 Å². The molecule has 0 aliphatic heterocycles. The highest BCUT2D eigenvalue weighted by Crippen LogP contribution is 2.28. The molecule has 0 fully saturated rings. The van der Waals surface area contributed by atoms with Crippen LogP contribution in [0.25, 0.3) is 16.6 Å². The highest BCUT2D eigenvalue weighted by molar-refractivity contribution is 9.10. The third-order valence-corrected chi connectivity index (χ3v) is 3.48. The molecule has 0 spiro atoms. The number of hydrogen-bond donors (Lipinski definition) is 0. The van der Waals surface area contributed by atoms with E-state index in [-0.39, 0.29) is 0 Å². The summed E-state index contributed by atoms with van der Waals surface area (Å²) in [7, 11) is 0. The molecule has 84 valence electrons. The summed E-state index contributed by atoms with van der Waals surface area (Å²) in [5.41, 5.74) is 3.25. The predicted molar refractivity (Wildman–Crippen MR) is 73.5 cm³/mol. The number of benzene rings is 2. The maximum absolute atomic E-state index is 4.61. The normalized spacial score (nSPS) is 10.9. The summed E-state index contributed by atoms with van der Waals surface area (Å²) in [6.45, 7) is 2.04. The van der Waals surface area contributed by atoms with Crippen LogP contribution in [0.15, 0.2) is 53.0 Å². The van der Waals surface area contributed by atoms with Crippen molar-refractivity contribution in [2.24, 2.45) is 0 Å². The van der Waals surface area contributed by atoms with E-state index in [2.05, 4.69) is 39.2 Å². The van der Waals surface area contributed by atoms with Crippen molar-refractivity contribution in [3.63, 3.8) is 0 Å². The van der Waals surface area contributed by atoms with Crippen LogP contribution in [-0.4, -0.2) is 9.78 Å². The van der Waals surface area contributed by atoms with E-state index in [4.69, 9.17) is 0 Å². The van der Waals surface area contributed by atoms with Gasteiger partial charge < -0.3 is 0 Å². The molecule has 0 amide bonds. The highest BCUT2D eigenvalue weighted by atomic mass is 79.9. The van der Waals surface area contributed by atoms with Crippen LogP contribution in [0.2, 0.25) is 0 Å². The van der Waals surface area contributed by atoms with Crippen molar-refractivity contribution in [3.05, 3.63) is 58.7 Å². The summed E-state index contributed by atoms with van der Waals surface area (Å²) in [4.78, 5) is 0. The van der Waals surface area contributed by atoms with Crippen molar-refractivity contribution in [1.82, 2.24) is 9.78 Å². The standard InChI is InChI=1S/C14H11BrN2/c1-10-12-8-5-9-13(15)14(12)17(16-10)11-6-3-2-4-7-11/h2-9H,1H3. The first-order chi connectivity index (χ1) is 8.27. The Morgan fingerprint density at radius 1 is 1.00 bits per heavy atom. The van der Waals surface area contributed by atoms with Gasteiger partial charge in [0.05, 0.1) is 16.9 Å². The van der Waals surface area contributed by atoms with Gasteiger partial charge in [-0.3, -0.25) is 0 Å². The molecule has 0 bridgehead atoms. The fourth-order valence-corrected chi connectivity index (χ4v) is 2.57. The van der Waals surface area contributed by atoms with Gasteiger partial charge in [-0.25, -0.2) is 4.68 Å². The van der Waals surface area contributed by atoms with Crippen molar-refractivity contribution in [3.8, 4) is 5.69 Å². The first kappa shape index (κ1) is 10.5. The Kier molecular flexibility index (Phi) is 2.48. The van der Waals surface area contributed by atoms with Gasteiger partial charge in [0.2, 0.25) is 0 Å². The molecule has 2 nitrogen and oxygen atoms in total. The van der Waals surface area contributed by atoms with Crippen molar-refractivity contribution in [2.45, 2.75) is 6.92 Å². The van der Waals surface area contributed by atoms with Crippen LogP contribution in [-0.2, 0) is 0 Å². The fraction of sp³-hybridized carbons (Fsp3) is 0.0714. The number of fused-ring (bicyclic) bond motifs is 1. The van der Waals surface area contributed by atoms with Crippen LogP contribution in [0.3, 0.4) is 0 Å². The van der Waals surface area contributed by atoms with E-state index < -0.39 is 0 Å². The zero-order valence-electron chi connectivity index (χ0n) is 9.39. The molecule has 3 heteroatoms. The molecule has 1 heterocycles. The second-order valence-electron chi connectivity index (χ2n) is 3.97. The van der Waals surface area contributed by atoms with Crippen molar-refractivity contribution in [1.29, 1.82) is 0 Å². The lowest BCUT2D eigenvalue weighted by atomic mass is 10.2. The first-order valence-electron chi connectivity index (χ1n) is 5.46. The number of hydrogen-bond acceptors (Lipinski definition) is 1. The molecule has 3 rings (SSSR count). The number of rotatable bonds is 1. The SMILES string of the molecule is Cc1nn(-c2ccccc2)c2c(Br)cccc12. The van der Waals surface area contributed by atoms with Crippen LogP contribution >= 0.6 is 15.9 Å². The van der Waals surface area contributed by atoms with Gasteiger partial charge in [-0.1, -0.05) is 30.3 Å². The zero-order valence-corrected chi connectivity index (χ0v) is 11.0. The third-order valence-electron chi connectivity index (χ3n) is 2.84. The topological polar surface area (TPSA) is 17.8 Å². The van der Waals surface area contributed by atoms with E-state index in [1.54, 1.807) is 0 Å². The molecular weight excluding hydrogens is 276 g/mol. The maximum Gasteiger partial charge on any atom is 0.0885 e. The summed E-state index contributed by atoms with van der Waals surface area (Å²) in [5.74, 6) is 0. The molecule has 2 aromatic carbocycles. The Morgan fingerprint density at radius 3 is 2.53 bits per heavy atom. The van der Waals surface area contributed by atoms with Gasteiger partial charge in [-0.15, -0.1) is 0 Å². The van der Waals surface area contributed by atoms with E-state index in [0.29, 0.717) is 0 Å². The number of nitrogens with zero attached hydrogens (tertiary/aromatic N) is 2. The lowest BCUT2D eigenvalue weighted by Gasteiger charge is -2.04. The zero-order chi connectivity index (χ0) is 11.8. The van der Waals surface area contributed by atoms with Gasteiger partial charge in [0.25, 0.3) is 0 Å². The molecule has 0 N–H and O–H groups in total. The average molecular weight is 287 g/mol. The second-order valence-corrected chi connectivity index (χ2v) is 4.82. The molecular formula is C14H11BrN2. The Hall–Kier alpha value is -1.61. The van der Waals surface area contributed by atoms with E-state index in [1.807, 2.05) is 41.9 Å². The minimum Gasteiger partial charge on any atom is -0.232 e. The highest BCUT2D eigenvalue weighted by Gasteiger charge is 2.10. The third kappa shape index (κ3) is 1.67. The molecule has 0 radical (unpaired) electrons. The van der Waals surface area contributed by atoms with Gasteiger partial charge in [-0.2, -0.15) is 5.10 Å². The maximum atomic E-state index is 4.61. The fourth-order valence-electron chi connectivity index (χ4n) is 2.03. The van der Waals surface area contributed by atoms with Crippen LogP contribution in [0.4, 0.5) is 0 Å². The monoisotopic (exact) mass is 286 g/mol. The lowest BCUT2D eigenvalue weighted by molar-refractivity contribution is 0.887. The predicted octanol–water partition coefficient (Wildman–Crippen LogP) is 4.10. The van der Waals surface area contributed by atoms with Crippen LogP contribution in [0.5, 0.6) is 0 Å². The first-order valence-corrected chi connectivity index (χ1v) is 6.26. The van der Waals surface area contributed by atoms with Crippen LogP contribution < -0.4 is 0 Å². The van der Waals surface area contributed by atoms with E-state index in [0.717, 1.165) is 21.4 Å². The molecule has 0 atom stereocenters. The molecule has 0 unspecified atom stereocenters. The number of aromatic nitrogens is 2. The van der Waals surface area contributed by atoms with Crippen LogP contribution in [0, 0.1) is 6.92 Å². The Balaban J connectivity index is 2.38. The van der Waals surface area contributed by atoms with Crippen molar-refractivity contribution >= 4 is 26.8 Å². The average Bonchev–Trinajstić information content (AvgIpc) is 2.70. The van der Waals surface area contributed by atoms with Crippen molar-refractivity contribution < 1.29 is 0 Å². The smallest absolute Gasteiger partial charge is 0.0885 e. The lowest BCUT2D eigenvalue weighted by Crippen LogP contribution is -1.96. The van der Waals surface area contributed by atoms with Gasteiger partial charge in [0.15, 0.2) is 0 Å². The Morgan fingerprint density at radius 2 is 1.76 bits per heavy atom. The van der Waals surface area contributed by atoms with E-state index in [1.165, 1.54) is 5.39 Å². The summed E-state index contributed by atoms with van der Waals surface area (Å²) in [6.07, 6.45) is 0. The molecule has 0 aliphatic rings. The minimum absolute atomic E-state index is 1.05. The second kappa shape index (κ2) is 4.00. The van der Waals surface area contributed by atoms with Gasteiger partial charge in [0.1, 0.15) is 0 Å². The number of para-hydroxylation sites is 2. The molecule has 3 aromatic rings. The Labute approximate surface area is 108 Å². The largest absolute Gasteiger partial charge is 0.232 e. The summed E-state index contributed by atoms with van der Waals surface area (Å²) in [6, 6.07) is 16.4. The van der Waals surface area contributed by atoms with Gasteiger partial charge >= 0.3 is 0 Å². The molecule has 17 heavy (non-hydrogen) atoms. The summed E-state index contributed by atoms with van der Waals surface area (Å²) < 4.78 is 3.05. The Bertz CT molecular complexity index is 671. The van der Waals surface area contributed by atoms with Gasteiger partial charge in [0, 0.05) is 9.86 Å². The van der Waals surface area contributed by atoms with Crippen LogP contribution in [0.1, 0.15) is 5.69 Å². The van der Waals surface area contributed by atoms with Gasteiger partial charge in [-0.05, 0) is 41.1 Å². The number of aryl methyl sites for hydroxylation is 1. The molecule has 1 aromatic heterocycles. The summed E-state index contributed by atoms with van der Waals surface area (Å²) >= 11 is 3.60. The molecule has 0 saturated carbocycles. The van der Waals surface area contributed by atoms with Crippen molar-refractivity contribution in [2.75, 3.05) is 0 Å². The minimum atomic E-state index is 1.05. The quantitative estimate of drug-likeness (QED) is 0.659. The summed E-state index contributed by atoms with van der Waals surface area (Å²) in [5, 5.41) is 5.79. The molecule has 0 saturated heterocycles. The molecule has 0 aliphatic carbocycles. The number of halogens is 1. The van der Waals surface area contributed by atoms with E-state index >= 15 is 0 Å².